The van der Waals surface area contributed by atoms with Crippen LogP contribution < -0.4 is 10.2 Å². The first-order chi connectivity index (χ1) is 14.4. The average Bonchev–Trinajstić information content (AvgIpc) is 2.74. The predicted molar refractivity (Wildman–Crippen MR) is 116 cm³/mol. The monoisotopic (exact) mass is 447 g/mol. The summed E-state index contributed by atoms with van der Waals surface area (Å²) in [6.07, 6.45) is 0. The van der Waals surface area contributed by atoms with Gasteiger partial charge < -0.3 is 18.8 Å². The molecule has 8 heteroatoms. The van der Waals surface area contributed by atoms with Crippen LogP contribution >= 0.6 is 23.2 Å². The smallest absolute Gasteiger partial charge is 0.260 e. The lowest BCUT2D eigenvalue weighted by Gasteiger charge is -2.26. The second-order valence-electron chi connectivity index (χ2n) is 7.00. The van der Waals surface area contributed by atoms with E-state index in [2.05, 4.69) is 0 Å². The Morgan fingerprint density at radius 2 is 1.83 bits per heavy atom. The number of halogens is 2. The van der Waals surface area contributed by atoms with Crippen molar-refractivity contribution < 1.29 is 18.7 Å². The number of fused-ring (bicyclic) bond motifs is 1. The number of carbonyl (C=O) groups excluding carboxylic acids is 1. The molecule has 0 N–H and O–H groups in total. The Morgan fingerprint density at radius 1 is 1.13 bits per heavy atom. The van der Waals surface area contributed by atoms with Crippen molar-refractivity contribution in [3.63, 3.8) is 0 Å². The van der Waals surface area contributed by atoms with Crippen molar-refractivity contribution in [3.05, 3.63) is 62.2 Å². The molecule has 1 amide bonds. The Bertz CT molecular complexity index is 1150. The number of carbonyl (C=O) groups is 1. The molecule has 2 aromatic carbocycles. The molecule has 0 bridgehead atoms. The molecule has 0 spiro atoms. The van der Waals surface area contributed by atoms with Crippen molar-refractivity contribution in [1.82, 2.24) is 4.90 Å². The Labute approximate surface area is 182 Å². The highest BCUT2D eigenvalue weighted by Crippen LogP contribution is 2.35. The largest absolute Gasteiger partial charge is 0.476 e. The molecule has 2 heterocycles. The van der Waals surface area contributed by atoms with Crippen LogP contribution in [0.2, 0.25) is 10.0 Å². The highest BCUT2D eigenvalue weighted by atomic mass is 35.5. The summed E-state index contributed by atoms with van der Waals surface area (Å²) >= 11 is 12.3. The molecule has 6 nitrogen and oxygen atoms in total. The average molecular weight is 448 g/mol. The first kappa shape index (κ1) is 20.7. The number of rotatable bonds is 4. The molecule has 0 aliphatic carbocycles. The van der Waals surface area contributed by atoms with Crippen LogP contribution in [0, 0.1) is 6.92 Å². The number of aryl methyl sites for hydroxylation is 1. The van der Waals surface area contributed by atoms with E-state index >= 15 is 0 Å². The van der Waals surface area contributed by atoms with Crippen molar-refractivity contribution in [3.8, 4) is 17.1 Å². The second-order valence-corrected chi connectivity index (χ2v) is 7.85. The van der Waals surface area contributed by atoms with E-state index in [9.17, 15) is 9.59 Å². The van der Waals surface area contributed by atoms with Gasteiger partial charge in [0.1, 0.15) is 0 Å². The maximum absolute atomic E-state index is 13.2. The molecular weight excluding hydrogens is 429 g/mol. The number of benzene rings is 2. The van der Waals surface area contributed by atoms with E-state index in [1.807, 2.05) is 31.2 Å². The molecule has 1 saturated heterocycles. The molecule has 1 aliphatic heterocycles. The van der Waals surface area contributed by atoms with Gasteiger partial charge in [0.15, 0.2) is 18.0 Å². The molecule has 4 rings (SSSR count). The minimum atomic E-state index is -0.439. The van der Waals surface area contributed by atoms with Crippen LogP contribution in [-0.2, 0) is 9.53 Å². The molecule has 156 valence electrons. The first-order valence-electron chi connectivity index (χ1n) is 9.45. The number of amides is 1. The molecule has 3 aromatic rings. The van der Waals surface area contributed by atoms with E-state index in [1.54, 1.807) is 4.90 Å². The van der Waals surface area contributed by atoms with Crippen LogP contribution in [0.1, 0.15) is 5.56 Å². The van der Waals surface area contributed by atoms with E-state index in [0.29, 0.717) is 36.9 Å². The fourth-order valence-electron chi connectivity index (χ4n) is 3.27. The third-order valence-corrected chi connectivity index (χ3v) is 5.39. The number of hydrogen-bond acceptors (Lipinski definition) is 5. The molecular formula is C22H19Cl2NO5. The van der Waals surface area contributed by atoms with Crippen molar-refractivity contribution in [2.24, 2.45) is 0 Å². The summed E-state index contributed by atoms with van der Waals surface area (Å²) in [5, 5.41) is 0.717. The molecule has 1 aliphatic rings. The van der Waals surface area contributed by atoms with Gasteiger partial charge in [-0.1, -0.05) is 53.0 Å². The Hall–Kier alpha value is -2.54. The van der Waals surface area contributed by atoms with E-state index in [4.69, 9.17) is 37.1 Å². The summed E-state index contributed by atoms with van der Waals surface area (Å²) in [5.74, 6) is -0.0606. The summed E-state index contributed by atoms with van der Waals surface area (Å²) in [4.78, 5) is 27.4. The van der Waals surface area contributed by atoms with Crippen molar-refractivity contribution in [2.75, 3.05) is 32.9 Å². The summed E-state index contributed by atoms with van der Waals surface area (Å²) < 4.78 is 17.0. The van der Waals surface area contributed by atoms with Gasteiger partial charge >= 0.3 is 0 Å². The van der Waals surface area contributed by atoms with Gasteiger partial charge in [-0.15, -0.1) is 0 Å². The fourth-order valence-corrected chi connectivity index (χ4v) is 3.80. The van der Waals surface area contributed by atoms with Gasteiger partial charge in [0.2, 0.25) is 11.2 Å². The van der Waals surface area contributed by atoms with E-state index in [-0.39, 0.29) is 40.0 Å². The lowest BCUT2D eigenvalue weighted by molar-refractivity contribution is -0.137. The zero-order chi connectivity index (χ0) is 21.3. The second kappa shape index (κ2) is 8.68. The van der Waals surface area contributed by atoms with E-state index < -0.39 is 5.43 Å². The van der Waals surface area contributed by atoms with Crippen LogP contribution in [0.4, 0.5) is 0 Å². The lowest BCUT2D eigenvalue weighted by Crippen LogP contribution is -2.43. The third-order valence-electron chi connectivity index (χ3n) is 4.89. The van der Waals surface area contributed by atoms with Gasteiger partial charge in [-0.2, -0.15) is 0 Å². The Morgan fingerprint density at radius 3 is 2.53 bits per heavy atom. The first-order valence-corrected chi connectivity index (χ1v) is 10.2. The molecule has 0 saturated carbocycles. The number of ether oxygens (including phenoxy) is 2. The van der Waals surface area contributed by atoms with Gasteiger partial charge in [0.25, 0.3) is 5.91 Å². The van der Waals surface area contributed by atoms with Gasteiger partial charge in [-0.3, -0.25) is 9.59 Å². The van der Waals surface area contributed by atoms with Crippen LogP contribution in [0.15, 0.2) is 45.6 Å². The van der Waals surface area contributed by atoms with Gasteiger partial charge in [0.05, 0.1) is 23.6 Å². The summed E-state index contributed by atoms with van der Waals surface area (Å²) in [6.45, 7) is 3.61. The highest BCUT2D eigenvalue weighted by molar-refractivity contribution is 6.38. The molecule has 0 unspecified atom stereocenters. The topological polar surface area (TPSA) is 69.0 Å². The number of nitrogens with zero attached hydrogens (tertiary/aromatic N) is 1. The van der Waals surface area contributed by atoms with Crippen LogP contribution in [0.25, 0.3) is 22.3 Å². The summed E-state index contributed by atoms with van der Waals surface area (Å²) in [6, 6.07) is 10.4. The minimum Gasteiger partial charge on any atom is -0.476 e. The quantitative estimate of drug-likeness (QED) is 0.595. The lowest BCUT2D eigenvalue weighted by atomic mass is 10.1. The third kappa shape index (κ3) is 4.17. The molecule has 0 radical (unpaired) electrons. The standard InChI is InChI=1S/C22H19Cl2NO5/c1-13-2-4-14(5-3-13)20-22(29-12-18(26)25-6-8-28-9-7-25)19(27)16-10-15(23)11-17(24)21(16)30-20/h2-5,10-11H,6-9,12H2,1H3. The van der Waals surface area contributed by atoms with Crippen LogP contribution in [0.3, 0.4) is 0 Å². The molecule has 1 aromatic heterocycles. The number of morpholine rings is 1. The Balaban J connectivity index is 1.78. The molecule has 1 fully saturated rings. The minimum absolute atomic E-state index is 0.0497. The Kier molecular flexibility index (Phi) is 5.99. The van der Waals surface area contributed by atoms with Gasteiger partial charge in [-0.05, 0) is 19.1 Å². The molecule has 30 heavy (non-hydrogen) atoms. The summed E-state index contributed by atoms with van der Waals surface area (Å²) in [5.41, 5.74) is 1.47. The summed E-state index contributed by atoms with van der Waals surface area (Å²) in [7, 11) is 0. The highest BCUT2D eigenvalue weighted by Gasteiger charge is 2.23. The predicted octanol–water partition coefficient (Wildman–Crippen LogP) is 4.31. The number of hydrogen-bond donors (Lipinski definition) is 0. The van der Waals surface area contributed by atoms with Gasteiger partial charge in [0, 0.05) is 23.7 Å². The zero-order valence-electron chi connectivity index (χ0n) is 16.2. The maximum Gasteiger partial charge on any atom is 0.260 e. The van der Waals surface area contributed by atoms with Crippen LogP contribution in [0.5, 0.6) is 5.75 Å². The van der Waals surface area contributed by atoms with Gasteiger partial charge in [-0.25, -0.2) is 0 Å². The fraction of sp³-hybridized carbons (Fsp3) is 0.273. The van der Waals surface area contributed by atoms with Crippen LogP contribution in [-0.4, -0.2) is 43.7 Å². The van der Waals surface area contributed by atoms with Crippen molar-refractivity contribution >= 4 is 40.1 Å². The van der Waals surface area contributed by atoms with Crippen molar-refractivity contribution in [1.29, 1.82) is 0 Å². The zero-order valence-corrected chi connectivity index (χ0v) is 17.8. The normalized spacial score (nSPS) is 14.2. The SMILES string of the molecule is Cc1ccc(-c2oc3c(Cl)cc(Cl)cc3c(=O)c2OCC(=O)N2CCOCC2)cc1. The maximum atomic E-state index is 13.2. The van der Waals surface area contributed by atoms with E-state index in [1.165, 1.54) is 12.1 Å². The molecule has 0 atom stereocenters. The van der Waals surface area contributed by atoms with Crippen molar-refractivity contribution in [2.45, 2.75) is 6.92 Å². The van der Waals surface area contributed by atoms with E-state index in [0.717, 1.165) is 5.56 Å².